The molecule has 140 valence electrons. The quantitative estimate of drug-likeness (QED) is 0.389. The molecule has 3 aromatic rings. The molecule has 1 nitrogen and oxygen atoms in total. The monoisotopic (exact) mass is 377 g/mol. The third kappa shape index (κ3) is 4.02. The van der Waals surface area contributed by atoms with E-state index in [0.717, 1.165) is 37.3 Å². The first kappa shape index (κ1) is 19.5. The Kier molecular flexibility index (Phi) is 6.02. The third-order valence-electron chi connectivity index (χ3n) is 4.62. The fraction of sp³-hybridized carbons (Fsp3) is 0.208. The Morgan fingerprint density at radius 3 is 2.36 bits per heavy atom. The van der Waals surface area contributed by atoms with E-state index in [4.69, 9.17) is 5.26 Å². The van der Waals surface area contributed by atoms with Gasteiger partial charge in [0.2, 0.25) is 0 Å². The maximum absolute atomic E-state index is 14.3. The lowest BCUT2D eigenvalue weighted by atomic mass is 10.0. The molecule has 0 radical (unpaired) electrons. The Morgan fingerprint density at radius 1 is 0.857 bits per heavy atom. The molecule has 0 saturated heterocycles. The average molecular weight is 377 g/mol. The first-order chi connectivity index (χ1) is 13.5. The number of unbranched alkanes of at least 4 members (excludes halogenated alkanes) is 2. The van der Waals surface area contributed by atoms with E-state index in [-0.39, 0.29) is 16.3 Å². The highest BCUT2D eigenvalue weighted by atomic mass is 19.1. The van der Waals surface area contributed by atoms with Crippen molar-refractivity contribution in [3.05, 3.63) is 82.2 Å². The predicted molar refractivity (Wildman–Crippen MR) is 104 cm³/mol. The second kappa shape index (κ2) is 8.63. The summed E-state index contributed by atoms with van der Waals surface area (Å²) in [6, 6.07) is 12.2. The summed E-state index contributed by atoms with van der Waals surface area (Å²) in [5, 5.41) is 9.26. The lowest BCUT2D eigenvalue weighted by molar-refractivity contribution is 0.585. The summed E-state index contributed by atoms with van der Waals surface area (Å²) in [6.07, 6.45) is 4.04. The van der Waals surface area contributed by atoms with Gasteiger partial charge < -0.3 is 0 Å². The van der Waals surface area contributed by atoms with E-state index in [2.05, 4.69) is 18.8 Å². The van der Waals surface area contributed by atoms with E-state index in [0.29, 0.717) is 5.56 Å². The van der Waals surface area contributed by atoms with Gasteiger partial charge in [0.15, 0.2) is 5.82 Å². The highest BCUT2D eigenvalue weighted by molar-refractivity contribution is 5.90. The second-order valence-corrected chi connectivity index (χ2v) is 6.58. The number of aryl methyl sites for hydroxylation is 1. The van der Waals surface area contributed by atoms with Crippen LogP contribution < -0.4 is 0 Å². The Labute approximate surface area is 162 Å². The summed E-state index contributed by atoms with van der Waals surface area (Å²) < 4.78 is 42.7. The van der Waals surface area contributed by atoms with Crippen LogP contribution in [0, 0.1) is 40.6 Å². The molecule has 0 spiro atoms. The van der Waals surface area contributed by atoms with Crippen LogP contribution in [0.15, 0.2) is 42.5 Å². The molecule has 0 unspecified atom stereocenters. The van der Waals surface area contributed by atoms with Crippen LogP contribution >= 0.6 is 0 Å². The summed E-state index contributed by atoms with van der Waals surface area (Å²) in [5.41, 5.74) is 0.897. The number of nitrogens with zero attached hydrogens (tertiary/aromatic N) is 1. The van der Waals surface area contributed by atoms with Crippen LogP contribution in [-0.4, -0.2) is 0 Å². The van der Waals surface area contributed by atoms with Gasteiger partial charge >= 0.3 is 0 Å². The molecule has 4 heteroatoms. The summed E-state index contributed by atoms with van der Waals surface area (Å²) in [7, 11) is 0. The third-order valence-corrected chi connectivity index (χ3v) is 4.62. The van der Waals surface area contributed by atoms with Crippen molar-refractivity contribution in [3.8, 4) is 17.9 Å². The summed E-state index contributed by atoms with van der Waals surface area (Å²) in [4.78, 5) is 0. The maximum Gasteiger partial charge on any atom is 0.151 e. The molecule has 0 atom stereocenters. The van der Waals surface area contributed by atoms with Gasteiger partial charge in [-0.1, -0.05) is 49.8 Å². The highest BCUT2D eigenvalue weighted by Crippen LogP contribution is 2.26. The molecule has 0 aromatic heterocycles. The fourth-order valence-corrected chi connectivity index (χ4v) is 3.09. The largest absolute Gasteiger partial charge is 0.206 e. The Balaban J connectivity index is 1.97. The lowest BCUT2D eigenvalue weighted by Gasteiger charge is -2.05. The van der Waals surface area contributed by atoms with E-state index in [1.54, 1.807) is 18.2 Å². The highest BCUT2D eigenvalue weighted by Gasteiger charge is 2.14. The van der Waals surface area contributed by atoms with Gasteiger partial charge in [-0.05, 0) is 42.7 Å². The molecule has 0 aliphatic carbocycles. The zero-order valence-electron chi connectivity index (χ0n) is 15.5. The van der Waals surface area contributed by atoms with E-state index in [9.17, 15) is 13.2 Å². The van der Waals surface area contributed by atoms with Gasteiger partial charge in [0, 0.05) is 16.3 Å². The minimum Gasteiger partial charge on any atom is -0.206 e. The Hall–Kier alpha value is -3.24. The number of hydrogen-bond acceptors (Lipinski definition) is 1. The molecule has 0 bridgehead atoms. The smallest absolute Gasteiger partial charge is 0.151 e. The van der Waals surface area contributed by atoms with Crippen LogP contribution in [0.2, 0.25) is 0 Å². The van der Waals surface area contributed by atoms with Gasteiger partial charge in [0.05, 0.1) is 5.56 Å². The number of nitriles is 1. The minimum absolute atomic E-state index is 0.108. The first-order valence-electron chi connectivity index (χ1n) is 9.16. The van der Waals surface area contributed by atoms with Gasteiger partial charge in [-0.15, -0.1) is 0 Å². The summed E-state index contributed by atoms with van der Waals surface area (Å²) >= 11 is 0. The van der Waals surface area contributed by atoms with Crippen molar-refractivity contribution in [3.63, 3.8) is 0 Å². The zero-order chi connectivity index (χ0) is 20.1. The number of benzene rings is 3. The van der Waals surface area contributed by atoms with Crippen LogP contribution in [0.5, 0.6) is 0 Å². The lowest BCUT2D eigenvalue weighted by Crippen LogP contribution is -1.94. The number of halogens is 3. The molecular formula is C24H18F3N. The zero-order valence-corrected chi connectivity index (χ0v) is 15.5. The molecule has 0 heterocycles. The SMILES string of the molecule is CCCCCc1ccc(C#Cc2cccc3c(F)c(C#N)c(F)cc23)c(F)c1. The summed E-state index contributed by atoms with van der Waals surface area (Å²) in [5.74, 6) is 3.29. The fourth-order valence-electron chi connectivity index (χ4n) is 3.09. The predicted octanol–water partition coefficient (Wildman–Crippen LogP) is 6.26. The van der Waals surface area contributed by atoms with Gasteiger partial charge in [0.1, 0.15) is 23.3 Å². The normalized spacial score (nSPS) is 10.4. The number of fused-ring (bicyclic) bond motifs is 1. The van der Waals surface area contributed by atoms with Crippen LogP contribution in [0.25, 0.3) is 10.8 Å². The Bertz CT molecular complexity index is 1130. The van der Waals surface area contributed by atoms with Gasteiger partial charge in [-0.25, -0.2) is 13.2 Å². The molecule has 0 amide bonds. The topological polar surface area (TPSA) is 23.8 Å². The second-order valence-electron chi connectivity index (χ2n) is 6.58. The molecule has 3 rings (SSSR count). The molecule has 3 aromatic carbocycles. The first-order valence-corrected chi connectivity index (χ1v) is 9.16. The van der Waals surface area contributed by atoms with Gasteiger partial charge in [-0.3, -0.25) is 0 Å². The van der Waals surface area contributed by atoms with Crippen molar-refractivity contribution < 1.29 is 13.2 Å². The minimum atomic E-state index is -0.940. The van der Waals surface area contributed by atoms with Crippen LogP contribution in [0.1, 0.15) is 48.4 Å². The van der Waals surface area contributed by atoms with Crippen molar-refractivity contribution >= 4 is 10.8 Å². The van der Waals surface area contributed by atoms with Crippen molar-refractivity contribution in [2.45, 2.75) is 32.6 Å². The van der Waals surface area contributed by atoms with E-state index in [1.807, 2.05) is 6.07 Å². The van der Waals surface area contributed by atoms with E-state index >= 15 is 0 Å². The van der Waals surface area contributed by atoms with Crippen molar-refractivity contribution in [1.82, 2.24) is 0 Å². The van der Waals surface area contributed by atoms with Crippen LogP contribution in [0.3, 0.4) is 0 Å². The van der Waals surface area contributed by atoms with Crippen molar-refractivity contribution in [1.29, 1.82) is 5.26 Å². The van der Waals surface area contributed by atoms with Crippen LogP contribution in [0.4, 0.5) is 13.2 Å². The van der Waals surface area contributed by atoms with Crippen molar-refractivity contribution in [2.24, 2.45) is 0 Å². The summed E-state index contributed by atoms with van der Waals surface area (Å²) in [6.45, 7) is 2.12. The molecule has 28 heavy (non-hydrogen) atoms. The molecule has 0 saturated carbocycles. The molecular weight excluding hydrogens is 359 g/mol. The van der Waals surface area contributed by atoms with Gasteiger partial charge in [0.25, 0.3) is 0 Å². The molecule has 0 aliphatic rings. The maximum atomic E-state index is 14.3. The average Bonchev–Trinajstić information content (AvgIpc) is 2.68. The Morgan fingerprint density at radius 2 is 1.64 bits per heavy atom. The standard InChI is InChI=1S/C24H18F3N/c1-2-3-4-6-16-9-10-18(22(25)13-16)12-11-17-7-5-8-19-20(17)14-23(26)21(15-28)24(19)27/h5,7-10,13-14H,2-4,6H2,1H3. The van der Waals surface area contributed by atoms with Gasteiger partial charge in [-0.2, -0.15) is 5.26 Å². The molecule has 0 aliphatic heterocycles. The number of hydrogen-bond donors (Lipinski definition) is 0. The van der Waals surface area contributed by atoms with Crippen molar-refractivity contribution in [2.75, 3.05) is 0 Å². The number of rotatable bonds is 4. The van der Waals surface area contributed by atoms with E-state index in [1.165, 1.54) is 18.2 Å². The van der Waals surface area contributed by atoms with Crippen LogP contribution in [-0.2, 0) is 6.42 Å². The molecule has 0 N–H and O–H groups in total. The molecule has 0 fully saturated rings. The van der Waals surface area contributed by atoms with E-state index < -0.39 is 23.0 Å².